The van der Waals surface area contributed by atoms with Gasteiger partial charge in [-0.15, -0.1) is 0 Å². The van der Waals surface area contributed by atoms with Crippen LogP contribution in [0.4, 0.5) is 4.79 Å². The molecule has 4 N–H and O–H groups in total. The number of nitrogens with two attached hydrogens (primary N) is 1. The molecule has 0 aliphatic heterocycles. The van der Waals surface area contributed by atoms with E-state index in [0.29, 0.717) is 50.5 Å². The molecule has 1 rings (SSSR count). The van der Waals surface area contributed by atoms with E-state index >= 15 is 0 Å². The summed E-state index contributed by atoms with van der Waals surface area (Å²) < 4.78 is 29.7. The third kappa shape index (κ3) is 16.9. The summed E-state index contributed by atoms with van der Waals surface area (Å²) in [6, 6.07) is 5.58. The summed E-state index contributed by atoms with van der Waals surface area (Å²) in [5.41, 5.74) is 5.67. The number of primary amides is 1. The van der Waals surface area contributed by atoms with E-state index in [0.717, 1.165) is 18.4 Å². The second-order valence-electron chi connectivity index (χ2n) is 16.3. The number of nitrogens with one attached hydrogen (secondary N) is 2. The highest BCUT2D eigenvalue weighted by atomic mass is 28.4. The Balaban J connectivity index is 3.52. The van der Waals surface area contributed by atoms with Gasteiger partial charge in [0.25, 0.3) is 0 Å². The van der Waals surface area contributed by atoms with Crippen LogP contribution in [0.3, 0.4) is 0 Å². The predicted octanol–water partition coefficient (Wildman–Crippen LogP) is 7.01. The second kappa shape index (κ2) is 20.9. The van der Waals surface area contributed by atoms with Crippen molar-refractivity contribution in [2.45, 2.75) is 137 Å². The minimum Gasteiger partial charge on any atom is -0.493 e. The van der Waals surface area contributed by atoms with Gasteiger partial charge in [-0.1, -0.05) is 47.6 Å². The molecule has 4 atom stereocenters. The van der Waals surface area contributed by atoms with Crippen molar-refractivity contribution in [3.63, 3.8) is 0 Å². The molecule has 0 saturated carbocycles. The van der Waals surface area contributed by atoms with Gasteiger partial charge >= 0.3 is 6.09 Å². The normalized spacial score (nSPS) is 14.8. The second-order valence-corrected chi connectivity index (χ2v) is 21.0. The Morgan fingerprint density at radius 2 is 1.58 bits per heavy atom. The lowest BCUT2D eigenvalue weighted by Crippen LogP contribution is -2.54. The summed E-state index contributed by atoms with van der Waals surface area (Å²) in [7, 11) is 0.924. The average molecular weight is 724 g/mol. The maximum atomic E-state index is 13.4. The van der Waals surface area contributed by atoms with Gasteiger partial charge in [0, 0.05) is 39.0 Å². The van der Waals surface area contributed by atoms with Crippen LogP contribution in [0.2, 0.25) is 18.1 Å². The van der Waals surface area contributed by atoms with Crippen LogP contribution in [-0.4, -0.2) is 77.9 Å². The van der Waals surface area contributed by atoms with Crippen molar-refractivity contribution in [2.24, 2.45) is 23.5 Å². The first-order chi connectivity index (χ1) is 23.1. The van der Waals surface area contributed by atoms with Gasteiger partial charge in [0.05, 0.1) is 25.9 Å². The molecule has 3 amide bonds. The summed E-state index contributed by atoms with van der Waals surface area (Å²) >= 11 is 0. The molecule has 1 aromatic rings. The molecule has 0 aromatic heterocycles. The fourth-order valence-corrected chi connectivity index (χ4v) is 6.65. The van der Waals surface area contributed by atoms with Crippen molar-refractivity contribution in [1.82, 2.24) is 10.6 Å². The molecule has 0 aliphatic rings. The fraction of sp³-hybridized carbons (Fsp3) is 0.763. The molecule has 0 bridgehead atoms. The van der Waals surface area contributed by atoms with Crippen LogP contribution in [0.1, 0.15) is 100.0 Å². The van der Waals surface area contributed by atoms with Gasteiger partial charge in [0.1, 0.15) is 5.60 Å². The van der Waals surface area contributed by atoms with E-state index in [1.54, 1.807) is 14.2 Å². The van der Waals surface area contributed by atoms with E-state index in [9.17, 15) is 14.4 Å². The Morgan fingerprint density at radius 3 is 2.12 bits per heavy atom. The van der Waals surface area contributed by atoms with Crippen molar-refractivity contribution >= 4 is 26.2 Å². The number of carbonyl (C=O) groups is 3. The van der Waals surface area contributed by atoms with Crippen molar-refractivity contribution in [3.8, 4) is 11.5 Å². The molecule has 0 unspecified atom stereocenters. The average Bonchev–Trinajstić information content (AvgIpc) is 2.98. The molecule has 0 heterocycles. The van der Waals surface area contributed by atoms with E-state index in [1.807, 2.05) is 39.8 Å². The van der Waals surface area contributed by atoms with Gasteiger partial charge in [-0.05, 0) is 94.1 Å². The Kier molecular flexibility index (Phi) is 18.9. The molecule has 0 radical (unpaired) electrons. The van der Waals surface area contributed by atoms with Crippen LogP contribution < -0.4 is 25.8 Å². The summed E-state index contributed by atoms with van der Waals surface area (Å²) in [5.74, 6) is 0.789. The maximum absolute atomic E-state index is 13.4. The number of benzene rings is 1. The minimum absolute atomic E-state index is 0.109. The van der Waals surface area contributed by atoms with Gasteiger partial charge in [-0.3, -0.25) is 9.59 Å². The van der Waals surface area contributed by atoms with Gasteiger partial charge < -0.3 is 39.7 Å². The standard InChI is InChI=1S/C38H69N3O8Si/c1-26(2)29(23-28-17-18-31(46-11)33(24-28)47-21-15-20-45-10)25-30(41-36(44)48-37(4,5)6)32(49-50(12,13)38(7,8)9)22-27(3)35(43)40-19-14-16-34(39)42/h17-18,24,26-27,29-30,32H,14-16,19-23,25H2,1-13H3,(H2,39,42)(H,40,43)(H,41,44)/t27-,29+,30+,32+/m1/s1. The number of hydrogen-bond donors (Lipinski definition) is 3. The number of amides is 3. The monoisotopic (exact) mass is 723 g/mol. The summed E-state index contributed by atoms with van der Waals surface area (Å²) in [6.45, 7) is 24.1. The summed E-state index contributed by atoms with van der Waals surface area (Å²) in [5, 5.41) is 6.03. The first-order valence-corrected chi connectivity index (χ1v) is 21.0. The highest BCUT2D eigenvalue weighted by Crippen LogP contribution is 2.39. The van der Waals surface area contributed by atoms with Crippen molar-refractivity contribution in [1.29, 1.82) is 0 Å². The zero-order valence-corrected chi connectivity index (χ0v) is 34.3. The molecule has 0 aliphatic carbocycles. The third-order valence-electron chi connectivity index (χ3n) is 9.31. The SMILES string of the molecule is COCCCOc1cc(C[C@@H](C[C@H](NC(=O)OC(C)(C)C)[C@H](C[C@@H](C)C(=O)NCCCC(N)=O)O[Si](C)(C)C(C)(C)C)C(C)C)ccc1OC. The number of carbonyl (C=O) groups excluding carboxylic acids is 3. The first kappa shape index (κ1) is 45.2. The molecule has 11 nitrogen and oxygen atoms in total. The Hall–Kier alpha value is -2.83. The van der Waals surface area contributed by atoms with Crippen LogP contribution >= 0.6 is 0 Å². The van der Waals surface area contributed by atoms with E-state index in [1.165, 1.54) is 0 Å². The number of ether oxygens (including phenoxy) is 4. The van der Waals surface area contributed by atoms with E-state index < -0.39 is 44.0 Å². The highest BCUT2D eigenvalue weighted by molar-refractivity contribution is 6.74. The van der Waals surface area contributed by atoms with Crippen LogP contribution in [0, 0.1) is 17.8 Å². The Morgan fingerprint density at radius 1 is 0.920 bits per heavy atom. The molecule has 12 heteroatoms. The summed E-state index contributed by atoms with van der Waals surface area (Å²) in [6.07, 6.45) is 2.17. The smallest absolute Gasteiger partial charge is 0.407 e. The molecular formula is C38H69N3O8Si. The van der Waals surface area contributed by atoms with E-state index in [-0.39, 0.29) is 29.2 Å². The van der Waals surface area contributed by atoms with Crippen LogP contribution in [0.5, 0.6) is 11.5 Å². The molecule has 1 aromatic carbocycles. The zero-order chi connectivity index (χ0) is 38.3. The van der Waals surface area contributed by atoms with Crippen molar-refractivity contribution in [2.75, 3.05) is 34.0 Å². The molecule has 0 saturated heterocycles. The van der Waals surface area contributed by atoms with Gasteiger partial charge in [-0.25, -0.2) is 4.79 Å². The number of hydrogen-bond acceptors (Lipinski definition) is 8. The molecule has 50 heavy (non-hydrogen) atoms. The highest BCUT2D eigenvalue weighted by Gasteiger charge is 2.42. The molecular weight excluding hydrogens is 655 g/mol. The Labute approximate surface area is 303 Å². The van der Waals surface area contributed by atoms with E-state index in [2.05, 4.69) is 64.4 Å². The largest absolute Gasteiger partial charge is 0.493 e. The quantitative estimate of drug-likeness (QED) is 0.0856. The Bertz CT molecular complexity index is 1200. The minimum atomic E-state index is -2.38. The predicted molar refractivity (Wildman–Crippen MR) is 202 cm³/mol. The number of rotatable bonds is 22. The summed E-state index contributed by atoms with van der Waals surface area (Å²) in [4.78, 5) is 37.9. The molecule has 0 spiro atoms. The fourth-order valence-electron chi connectivity index (χ4n) is 5.28. The van der Waals surface area contributed by atoms with Crippen molar-refractivity contribution < 1.29 is 37.8 Å². The topological polar surface area (TPSA) is 147 Å². The lowest BCUT2D eigenvalue weighted by atomic mass is 9.82. The van der Waals surface area contributed by atoms with Gasteiger partial charge in [0.15, 0.2) is 19.8 Å². The lowest BCUT2D eigenvalue weighted by molar-refractivity contribution is -0.125. The zero-order valence-electron chi connectivity index (χ0n) is 33.3. The maximum Gasteiger partial charge on any atom is 0.407 e. The third-order valence-corrected chi connectivity index (χ3v) is 13.8. The lowest BCUT2D eigenvalue weighted by Gasteiger charge is -2.43. The van der Waals surface area contributed by atoms with E-state index in [4.69, 9.17) is 29.1 Å². The van der Waals surface area contributed by atoms with Crippen LogP contribution in [0.15, 0.2) is 18.2 Å². The first-order valence-electron chi connectivity index (χ1n) is 18.1. The van der Waals surface area contributed by atoms with Crippen molar-refractivity contribution in [3.05, 3.63) is 23.8 Å². The number of methoxy groups -OCH3 is 2. The molecule has 0 fully saturated rings. The van der Waals surface area contributed by atoms with Crippen LogP contribution in [0.25, 0.3) is 0 Å². The van der Waals surface area contributed by atoms with Gasteiger partial charge in [-0.2, -0.15) is 0 Å². The number of alkyl carbamates (subject to hydrolysis) is 1. The van der Waals surface area contributed by atoms with Crippen LogP contribution in [-0.2, 0) is 29.9 Å². The molecule has 288 valence electrons. The van der Waals surface area contributed by atoms with Gasteiger partial charge in [0.2, 0.25) is 11.8 Å².